The standard InChI is InChI=1S/C24H26F5N3O3S.C3H6F2/c1-14-3-4-15(21(30-14)22(33)34)13-35-19-12-20-18(11-17(19)24(27,28)29)32(10-9-31(2)36-20)16-5-7-23(25,26)8-6-16;1-2-3(4)5/h3-4,11-12,16H,5-10,13H2,1-2H3,(H,33,34);3H,2H2,1H3. The maximum atomic E-state index is 14.1. The molecule has 0 unspecified atom stereocenters. The second-order valence-electron chi connectivity index (χ2n) is 9.89. The van der Waals surface area contributed by atoms with Crippen LogP contribution in [0.15, 0.2) is 29.2 Å². The molecule has 1 aliphatic carbocycles. The number of halogens is 7. The van der Waals surface area contributed by atoms with Gasteiger partial charge in [-0.25, -0.2) is 31.6 Å². The first-order valence-corrected chi connectivity index (χ1v) is 13.8. The molecule has 0 atom stereocenters. The number of benzene rings is 1. The Hall–Kier alpha value is -2.74. The Morgan fingerprint density at radius 3 is 2.39 bits per heavy atom. The van der Waals surface area contributed by atoms with Gasteiger partial charge in [-0.2, -0.15) is 13.2 Å². The number of pyridine rings is 1. The number of aryl methyl sites for hydroxylation is 1. The molecular formula is C27H32F7N3O3S. The molecule has 2 aliphatic rings. The fourth-order valence-corrected chi connectivity index (χ4v) is 5.47. The first-order chi connectivity index (χ1) is 19.1. The summed E-state index contributed by atoms with van der Waals surface area (Å²) in [6.07, 6.45) is -7.10. The van der Waals surface area contributed by atoms with Crippen molar-refractivity contribution in [2.24, 2.45) is 0 Å². The second kappa shape index (κ2) is 13.5. The summed E-state index contributed by atoms with van der Waals surface area (Å²) in [5.74, 6) is -4.48. The van der Waals surface area contributed by atoms with Crippen LogP contribution in [0.3, 0.4) is 0 Å². The largest absolute Gasteiger partial charge is 0.488 e. The summed E-state index contributed by atoms with van der Waals surface area (Å²) in [7, 11) is 1.81. The monoisotopic (exact) mass is 611 g/mol. The number of hydrogen-bond acceptors (Lipinski definition) is 6. The lowest BCUT2D eigenvalue weighted by Crippen LogP contribution is -2.43. The number of alkyl halides is 7. The van der Waals surface area contributed by atoms with Crippen LogP contribution in [-0.4, -0.2) is 58.9 Å². The lowest BCUT2D eigenvalue weighted by molar-refractivity contribution is -0.139. The zero-order valence-electron chi connectivity index (χ0n) is 22.8. The van der Waals surface area contributed by atoms with E-state index in [-0.39, 0.29) is 49.4 Å². The van der Waals surface area contributed by atoms with E-state index in [0.29, 0.717) is 29.4 Å². The van der Waals surface area contributed by atoms with Crippen LogP contribution in [-0.2, 0) is 12.8 Å². The maximum Gasteiger partial charge on any atom is 0.420 e. The first-order valence-electron chi connectivity index (χ1n) is 13.0. The van der Waals surface area contributed by atoms with Gasteiger partial charge in [-0.15, -0.1) is 0 Å². The first kappa shape index (κ1) is 32.8. The molecule has 2 heterocycles. The Balaban J connectivity index is 0.000000850. The quantitative estimate of drug-likeness (QED) is 0.266. The van der Waals surface area contributed by atoms with Crippen LogP contribution < -0.4 is 9.64 Å². The van der Waals surface area contributed by atoms with Crippen molar-refractivity contribution in [3.8, 4) is 5.75 Å². The summed E-state index contributed by atoms with van der Waals surface area (Å²) in [4.78, 5) is 17.8. The molecule has 0 saturated heterocycles. The molecule has 14 heteroatoms. The molecule has 41 heavy (non-hydrogen) atoms. The van der Waals surface area contributed by atoms with E-state index in [2.05, 4.69) is 4.98 Å². The molecule has 1 N–H and O–H groups in total. The van der Waals surface area contributed by atoms with Gasteiger partial charge >= 0.3 is 12.1 Å². The fourth-order valence-electron chi connectivity index (χ4n) is 4.53. The summed E-state index contributed by atoms with van der Waals surface area (Å²) in [6, 6.07) is 5.06. The fraction of sp³-hybridized carbons (Fsp3) is 0.556. The van der Waals surface area contributed by atoms with Crippen LogP contribution in [0.2, 0.25) is 0 Å². The van der Waals surface area contributed by atoms with Crippen molar-refractivity contribution < 1.29 is 45.4 Å². The van der Waals surface area contributed by atoms with Crippen LogP contribution in [0.1, 0.15) is 66.3 Å². The highest BCUT2D eigenvalue weighted by atomic mass is 32.2. The highest BCUT2D eigenvalue weighted by Crippen LogP contribution is 2.47. The summed E-state index contributed by atoms with van der Waals surface area (Å²) < 4.78 is 98.8. The Morgan fingerprint density at radius 2 is 1.83 bits per heavy atom. The predicted octanol–water partition coefficient (Wildman–Crippen LogP) is 7.68. The Kier molecular flexibility index (Phi) is 10.8. The van der Waals surface area contributed by atoms with E-state index in [0.717, 1.165) is 6.07 Å². The van der Waals surface area contributed by atoms with E-state index in [1.165, 1.54) is 31.0 Å². The van der Waals surface area contributed by atoms with Crippen LogP contribution in [0, 0.1) is 6.92 Å². The number of carboxylic acid groups (broad SMARTS) is 1. The molecule has 228 valence electrons. The average Bonchev–Trinajstić information content (AvgIpc) is 3.04. The lowest BCUT2D eigenvalue weighted by atomic mass is 9.90. The van der Waals surface area contributed by atoms with E-state index in [9.17, 15) is 40.6 Å². The minimum Gasteiger partial charge on any atom is -0.488 e. The van der Waals surface area contributed by atoms with Crippen molar-refractivity contribution in [3.63, 3.8) is 0 Å². The SMILES string of the molecule is CCC(F)F.Cc1ccc(COc2cc3c(cc2C(F)(F)F)N(C2CCC(F)(F)CC2)CCN(C)S3)c(C(=O)O)n1. The molecule has 4 rings (SSSR count). The van der Waals surface area contributed by atoms with Crippen molar-refractivity contribution in [2.75, 3.05) is 25.0 Å². The normalized spacial score (nSPS) is 17.9. The summed E-state index contributed by atoms with van der Waals surface area (Å²) in [6.45, 7) is 3.57. The Bertz CT molecular complexity index is 1200. The smallest absolute Gasteiger partial charge is 0.420 e. The van der Waals surface area contributed by atoms with Gasteiger partial charge in [0.15, 0.2) is 5.69 Å². The number of ether oxygens (including phenoxy) is 1. The van der Waals surface area contributed by atoms with Gasteiger partial charge < -0.3 is 14.7 Å². The van der Waals surface area contributed by atoms with Crippen molar-refractivity contribution in [1.82, 2.24) is 9.29 Å². The van der Waals surface area contributed by atoms with E-state index < -0.39 is 42.4 Å². The van der Waals surface area contributed by atoms with Gasteiger partial charge in [-0.05, 0) is 57.0 Å². The lowest BCUT2D eigenvalue weighted by Gasteiger charge is -2.38. The van der Waals surface area contributed by atoms with Gasteiger partial charge in [-0.1, -0.05) is 13.0 Å². The summed E-state index contributed by atoms with van der Waals surface area (Å²) in [5.41, 5.74) is -0.354. The van der Waals surface area contributed by atoms with E-state index >= 15 is 0 Å². The number of likely N-dealkylation sites (N-methyl/N-ethyl adjacent to an activating group) is 1. The van der Waals surface area contributed by atoms with Crippen molar-refractivity contribution in [3.05, 3.63) is 46.8 Å². The number of nitrogens with zero attached hydrogens (tertiary/aromatic N) is 3. The molecule has 0 amide bonds. The number of fused-ring (bicyclic) bond motifs is 1. The van der Waals surface area contributed by atoms with Gasteiger partial charge in [0.1, 0.15) is 12.4 Å². The number of anilines is 1. The Labute approximate surface area is 238 Å². The van der Waals surface area contributed by atoms with Gasteiger partial charge in [0, 0.05) is 49.7 Å². The summed E-state index contributed by atoms with van der Waals surface area (Å²) in [5, 5.41) is 9.42. The average molecular weight is 612 g/mol. The minimum atomic E-state index is -4.75. The molecule has 0 radical (unpaired) electrons. The number of rotatable bonds is 6. The molecule has 1 aliphatic heterocycles. The van der Waals surface area contributed by atoms with Crippen molar-refractivity contribution in [1.29, 1.82) is 0 Å². The van der Waals surface area contributed by atoms with Crippen molar-refractivity contribution in [2.45, 2.75) is 82.0 Å². The molecule has 0 bridgehead atoms. The number of carboxylic acids is 1. The van der Waals surface area contributed by atoms with Gasteiger partial charge in [0.2, 0.25) is 12.3 Å². The van der Waals surface area contributed by atoms with Crippen LogP contribution in [0.4, 0.5) is 36.4 Å². The van der Waals surface area contributed by atoms with Crippen LogP contribution >= 0.6 is 11.9 Å². The van der Waals surface area contributed by atoms with Crippen LogP contribution in [0.25, 0.3) is 0 Å². The Morgan fingerprint density at radius 1 is 1.20 bits per heavy atom. The predicted molar refractivity (Wildman–Crippen MR) is 141 cm³/mol. The molecule has 6 nitrogen and oxygen atoms in total. The van der Waals surface area contributed by atoms with Crippen molar-refractivity contribution >= 4 is 23.6 Å². The number of aromatic carboxylic acids is 1. The highest BCUT2D eigenvalue weighted by Gasteiger charge is 2.40. The van der Waals surface area contributed by atoms with Crippen LogP contribution in [0.5, 0.6) is 5.75 Å². The molecule has 2 aromatic rings. The van der Waals surface area contributed by atoms with Gasteiger partial charge in [0.05, 0.1) is 16.1 Å². The molecule has 1 saturated carbocycles. The molecule has 1 aromatic carbocycles. The summed E-state index contributed by atoms with van der Waals surface area (Å²) >= 11 is 1.26. The molecule has 1 aromatic heterocycles. The number of aromatic nitrogens is 1. The zero-order valence-corrected chi connectivity index (χ0v) is 23.6. The molecule has 1 fully saturated rings. The van der Waals surface area contributed by atoms with E-state index in [1.807, 2.05) is 16.3 Å². The third-order valence-corrected chi connectivity index (χ3v) is 7.74. The number of hydrogen-bond donors (Lipinski definition) is 1. The zero-order chi connectivity index (χ0) is 30.5. The maximum absolute atomic E-state index is 14.1. The van der Waals surface area contributed by atoms with E-state index in [4.69, 9.17) is 4.74 Å². The highest BCUT2D eigenvalue weighted by molar-refractivity contribution is 7.97. The molecule has 0 spiro atoms. The van der Waals surface area contributed by atoms with Gasteiger partial charge in [0.25, 0.3) is 0 Å². The third kappa shape index (κ3) is 8.87. The number of carbonyl (C=O) groups is 1. The minimum absolute atomic E-state index is 0.0278. The second-order valence-corrected chi connectivity index (χ2v) is 11.1. The van der Waals surface area contributed by atoms with E-state index in [1.54, 1.807) is 13.0 Å². The third-order valence-electron chi connectivity index (χ3n) is 6.73. The molecular weight excluding hydrogens is 579 g/mol. The van der Waals surface area contributed by atoms with Gasteiger partial charge in [-0.3, -0.25) is 0 Å². The topological polar surface area (TPSA) is 65.9 Å².